The third-order valence-electron chi connectivity index (χ3n) is 3.34. The molecule has 0 saturated carbocycles. The van der Waals surface area contributed by atoms with Crippen molar-refractivity contribution in [2.24, 2.45) is 0 Å². The minimum atomic E-state index is -5.15. The van der Waals surface area contributed by atoms with Gasteiger partial charge in [0.15, 0.2) is 0 Å². The van der Waals surface area contributed by atoms with Crippen LogP contribution in [-0.4, -0.2) is 55.0 Å². The smallest absolute Gasteiger partial charge is 0.459 e. The van der Waals surface area contributed by atoms with Gasteiger partial charge in [-0.05, 0) is 33.6 Å². The number of alkyl halides is 3. The van der Waals surface area contributed by atoms with Gasteiger partial charge in [-0.2, -0.15) is 17.5 Å². The fourth-order valence-electron chi connectivity index (χ4n) is 2.39. The molecule has 0 aromatic carbocycles. The van der Waals surface area contributed by atoms with E-state index in [0.717, 1.165) is 0 Å². The maximum absolute atomic E-state index is 12.5. The lowest BCUT2D eigenvalue weighted by Gasteiger charge is -2.39. The molecule has 1 fully saturated rings. The Hall–Kier alpha value is -1.62. The number of carbonyl (C=O) groups excluding carboxylic acids is 2. The number of esters is 1. The lowest BCUT2D eigenvalue weighted by atomic mass is 9.98. The third-order valence-corrected chi connectivity index (χ3v) is 4.83. The van der Waals surface area contributed by atoms with Crippen molar-refractivity contribution in [2.75, 3.05) is 6.54 Å². The van der Waals surface area contributed by atoms with Gasteiger partial charge in [0.1, 0.15) is 11.6 Å². The van der Waals surface area contributed by atoms with Crippen LogP contribution in [0.15, 0.2) is 12.0 Å². The molecule has 25 heavy (non-hydrogen) atoms. The first kappa shape index (κ1) is 21.4. The van der Waals surface area contributed by atoms with E-state index in [4.69, 9.17) is 4.74 Å². The van der Waals surface area contributed by atoms with E-state index < -0.39 is 45.8 Å². The van der Waals surface area contributed by atoms with Crippen molar-refractivity contribution in [3.63, 3.8) is 0 Å². The monoisotopic (exact) mass is 386 g/mol. The molecule has 0 spiro atoms. The lowest BCUT2D eigenvalue weighted by molar-refractivity contribution is -0.176. The molecule has 2 unspecified atom stereocenters. The molecule has 0 radical (unpaired) electrons. The van der Waals surface area contributed by atoms with Crippen LogP contribution in [0, 0.1) is 0 Å². The zero-order valence-electron chi connectivity index (χ0n) is 14.1. The summed E-state index contributed by atoms with van der Waals surface area (Å²) in [4.78, 5) is 23.7. The van der Waals surface area contributed by atoms with Gasteiger partial charge in [0.2, 0.25) is 10.0 Å². The van der Waals surface area contributed by atoms with Crippen molar-refractivity contribution in [2.45, 2.75) is 57.5 Å². The van der Waals surface area contributed by atoms with E-state index in [1.54, 1.807) is 5.32 Å². The van der Waals surface area contributed by atoms with Crippen LogP contribution < -0.4 is 5.32 Å². The predicted octanol–water partition coefficient (Wildman–Crippen LogP) is 1.31. The molecule has 1 aliphatic rings. The van der Waals surface area contributed by atoms with E-state index in [9.17, 15) is 31.2 Å². The Kier molecular flexibility index (Phi) is 6.27. The van der Waals surface area contributed by atoms with Gasteiger partial charge < -0.3 is 10.1 Å². The molecule has 1 heterocycles. The first-order valence-electron chi connectivity index (χ1n) is 7.44. The Bertz CT molecular complexity index is 640. The number of carbonyl (C=O) groups is 2. The topological polar surface area (TPSA) is 92.8 Å². The van der Waals surface area contributed by atoms with Crippen LogP contribution in [0.5, 0.6) is 0 Å². The fraction of sp³-hybridized carbons (Fsp3) is 0.714. The minimum Gasteiger partial charge on any atom is -0.459 e. The highest BCUT2D eigenvalue weighted by Crippen LogP contribution is 2.26. The number of piperidine rings is 1. The van der Waals surface area contributed by atoms with Crippen LogP contribution in [-0.2, 0) is 24.3 Å². The van der Waals surface area contributed by atoms with Crippen molar-refractivity contribution >= 4 is 21.9 Å². The summed E-state index contributed by atoms with van der Waals surface area (Å²) in [6, 6.07) is -2.98. The van der Waals surface area contributed by atoms with E-state index in [2.05, 4.69) is 6.58 Å². The molecule has 144 valence electrons. The summed E-state index contributed by atoms with van der Waals surface area (Å²) in [5, 5.41) is 2.29. The molecule has 11 heteroatoms. The van der Waals surface area contributed by atoms with Gasteiger partial charge in [-0.3, -0.25) is 9.59 Å². The Labute approximate surface area is 144 Å². The number of nitrogens with zero attached hydrogens (tertiary/aromatic N) is 1. The number of rotatable bonds is 4. The SMILES string of the molecule is C=CS(=O)(=O)N1CCCC(NC(=O)C(F)(F)F)C1C(=O)OC(C)(C)C. The number of nitrogens with one attached hydrogen (secondary N) is 1. The van der Waals surface area contributed by atoms with Gasteiger partial charge in [0.05, 0.1) is 6.04 Å². The van der Waals surface area contributed by atoms with Gasteiger partial charge >= 0.3 is 18.1 Å². The van der Waals surface area contributed by atoms with Crippen LogP contribution >= 0.6 is 0 Å². The molecule has 1 rings (SSSR count). The van der Waals surface area contributed by atoms with Gasteiger partial charge in [0.25, 0.3) is 0 Å². The van der Waals surface area contributed by atoms with Gasteiger partial charge in [-0.15, -0.1) is 0 Å². The third kappa shape index (κ3) is 5.70. The standard InChI is InChI=1S/C14H21F3N2O5S/c1-5-25(22,23)19-8-6-7-9(18-12(21)14(15,16)17)10(19)11(20)24-13(2,3)4/h5,9-10H,1,6-8H2,2-4H3,(H,18,21). The summed E-state index contributed by atoms with van der Waals surface area (Å²) in [5.41, 5.74) is -0.989. The number of hydrogen-bond donors (Lipinski definition) is 1. The fourth-order valence-corrected chi connectivity index (χ4v) is 3.52. The van der Waals surface area contributed by atoms with E-state index >= 15 is 0 Å². The summed E-state index contributed by atoms with van der Waals surface area (Å²) in [6.07, 6.45) is -5.00. The normalized spacial score (nSPS) is 23.0. The Morgan fingerprint density at radius 2 is 1.84 bits per heavy atom. The molecule has 0 aliphatic carbocycles. The van der Waals surface area contributed by atoms with E-state index in [1.165, 1.54) is 20.8 Å². The van der Waals surface area contributed by atoms with Gasteiger partial charge in [-0.1, -0.05) is 6.58 Å². The zero-order chi connectivity index (χ0) is 19.6. The van der Waals surface area contributed by atoms with Crippen molar-refractivity contribution in [3.05, 3.63) is 12.0 Å². The quantitative estimate of drug-likeness (QED) is 0.736. The summed E-state index contributed by atoms with van der Waals surface area (Å²) in [5.74, 6) is -3.28. The van der Waals surface area contributed by atoms with Crippen molar-refractivity contribution in [1.29, 1.82) is 0 Å². The average Bonchev–Trinajstić information content (AvgIpc) is 2.44. The van der Waals surface area contributed by atoms with Crippen molar-refractivity contribution in [3.8, 4) is 0 Å². The molecular weight excluding hydrogens is 365 g/mol. The highest BCUT2D eigenvalue weighted by molar-refractivity contribution is 7.92. The maximum Gasteiger partial charge on any atom is 0.471 e. The number of ether oxygens (including phenoxy) is 1. The molecule has 2 atom stereocenters. The molecular formula is C14H21F3N2O5S. The largest absolute Gasteiger partial charge is 0.471 e. The highest BCUT2D eigenvalue weighted by atomic mass is 32.2. The maximum atomic E-state index is 12.5. The number of sulfonamides is 1. The van der Waals surface area contributed by atoms with Crippen LogP contribution in [0.25, 0.3) is 0 Å². The van der Waals surface area contributed by atoms with Crippen molar-refractivity contribution < 1.29 is 35.9 Å². The molecule has 7 nitrogen and oxygen atoms in total. The van der Waals surface area contributed by atoms with Gasteiger partial charge in [-0.25, -0.2) is 8.42 Å². The number of hydrogen-bond acceptors (Lipinski definition) is 5. The van der Waals surface area contributed by atoms with Crippen LogP contribution in [0.1, 0.15) is 33.6 Å². The molecule has 1 amide bonds. The second-order valence-corrected chi connectivity index (χ2v) is 8.35. The minimum absolute atomic E-state index is 0.00507. The van der Waals surface area contributed by atoms with Crippen LogP contribution in [0.2, 0.25) is 0 Å². The molecule has 0 aromatic rings. The average molecular weight is 386 g/mol. The summed E-state index contributed by atoms with van der Waals surface area (Å²) >= 11 is 0. The summed E-state index contributed by atoms with van der Waals surface area (Å²) in [6.45, 7) is 7.64. The predicted molar refractivity (Wildman–Crippen MR) is 82.7 cm³/mol. The first-order valence-corrected chi connectivity index (χ1v) is 8.94. The van der Waals surface area contributed by atoms with E-state index in [1.807, 2.05) is 0 Å². The molecule has 1 saturated heterocycles. The van der Waals surface area contributed by atoms with E-state index in [0.29, 0.717) is 9.71 Å². The lowest BCUT2D eigenvalue weighted by Crippen LogP contribution is -2.62. The second-order valence-electron chi connectivity index (χ2n) is 6.52. The number of amides is 1. The molecule has 0 bridgehead atoms. The Morgan fingerprint density at radius 1 is 1.28 bits per heavy atom. The molecule has 1 aliphatic heterocycles. The molecule has 0 aromatic heterocycles. The first-order chi connectivity index (χ1) is 11.2. The van der Waals surface area contributed by atoms with Gasteiger partial charge in [0, 0.05) is 12.0 Å². The van der Waals surface area contributed by atoms with Crippen LogP contribution in [0.4, 0.5) is 13.2 Å². The van der Waals surface area contributed by atoms with Crippen molar-refractivity contribution in [1.82, 2.24) is 9.62 Å². The molecule has 1 N–H and O–H groups in total. The Balaban J connectivity index is 3.22. The number of halogens is 3. The zero-order valence-corrected chi connectivity index (χ0v) is 14.9. The van der Waals surface area contributed by atoms with Crippen LogP contribution in [0.3, 0.4) is 0 Å². The highest BCUT2D eigenvalue weighted by Gasteiger charge is 2.47. The Morgan fingerprint density at radius 3 is 2.28 bits per heavy atom. The van der Waals surface area contributed by atoms with E-state index in [-0.39, 0.29) is 19.4 Å². The second kappa shape index (κ2) is 7.32. The summed E-state index contributed by atoms with van der Waals surface area (Å²) < 4.78 is 67.7. The summed E-state index contributed by atoms with van der Waals surface area (Å²) in [7, 11) is -4.11.